The molecule has 1 aromatic carbocycles. The van der Waals surface area contributed by atoms with Crippen LogP contribution in [0, 0.1) is 6.92 Å². The largest absolute Gasteiger partial charge is 0.496 e. The van der Waals surface area contributed by atoms with Crippen molar-refractivity contribution in [2.45, 2.75) is 25.8 Å². The summed E-state index contributed by atoms with van der Waals surface area (Å²) in [5.74, 6) is 1.41. The molecule has 1 aromatic heterocycles. The van der Waals surface area contributed by atoms with E-state index in [2.05, 4.69) is 9.97 Å². The number of amides is 1. The zero-order valence-electron chi connectivity index (χ0n) is 15.2. The van der Waals surface area contributed by atoms with Gasteiger partial charge in [0.15, 0.2) is 0 Å². The first kappa shape index (κ1) is 17.2. The molecule has 25 heavy (non-hydrogen) atoms. The first-order valence-electron chi connectivity index (χ1n) is 8.47. The van der Waals surface area contributed by atoms with Gasteiger partial charge in [0, 0.05) is 32.4 Å². The molecular formula is C19H24N4O2. The third kappa shape index (κ3) is 3.29. The Morgan fingerprint density at radius 3 is 2.76 bits per heavy atom. The molecule has 0 N–H and O–H groups in total. The van der Waals surface area contributed by atoms with Gasteiger partial charge < -0.3 is 14.5 Å². The minimum absolute atomic E-state index is 0.0174. The van der Waals surface area contributed by atoms with Crippen molar-refractivity contribution >= 4 is 11.9 Å². The maximum atomic E-state index is 13.1. The molecule has 0 saturated carbocycles. The van der Waals surface area contributed by atoms with Crippen LogP contribution in [0.3, 0.4) is 0 Å². The van der Waals surface area contributed by atoms with Crippen molar-refractivity contribution in [3.63, 3.8) is 0 Å². The number of rotatable bonds is 4. The van der Waals surface area contributed by atoms with Crippen LogP contribution in [0.5, 0.6) is 5.75 Å². The van der Waals surface area contributed by atoms with E-state index in [0.29, 0.717) is 17.2 Å². The van der Waals surface area contributed by atoms with Gasteiger partial charge >= 0.3 is 0 Å². The molecule has 0 spiro atoms. The van der Waals surface area contributed by atoms with Crippen LogP contribution in [-0.4, -0.2) is 48.5 Å². The first-order valence-corrected chi connectivity index (χ1v) is 8.47. The smallest absolute Gasteiger partial charge is 0.257 e. The van der Waals surface area contributed by atoms with Crippen LogP contribution >= 0.6 is 0 Å². The molecule has 2 aromatic rings. The summed E-state index contributed by atoms with van der Waals surface area (Å²) in [7, 11) is 5.43. The van der Waals surface area contributed by atoms with E-state index in [1.165, 1.54) is 0 Å². The lowest BCUT2D eigenvalue weighted by Crippen LogP contribution is -2.31. The molecule has 6 nitrogen and oxygen atoms in total. The van der Waals surface area contributed by atoms with E-state index in [1.807, 2.05) is 55.1 Å². The topological polar surface area (TPSA) is 58.6 Å². The fraction of sp³-hybridized carbons (Fsp3) is 0.421. The number of benzene rings is 1. The van der Waals surface area contributed by atoms with E-state index >= 15 is 0 Å². The monoisotopic (exact) mass is 340 g/mol. The lowest BCUT2D eigenvalue weighted by Gasteiger charge is -2.27. The van der Waals surface area contributed by atoms with Gasteiger partial charge in [0.1, 0.15) is 5.75 Å². The number of hydrogen-bond donors (Lipinski definition) is 0. The van der Waals surface area contributed by atoms with Gasteiger partial charge in [-0.15, -0.1) is 0 Å². The van der Waals surface area contributed by atoms with Crippen molar-refractivity contribution < 1.29 is 9.53 Å². The van der Waals surface area contributed by atoms with E-state index < -0.39 is 0 Å². The van der Waals surface area contributed by atoms with Gasteiger partial charge in [0.25, 0.3) is 5.91 Å². The summed E-state index contributed by atoms with van der Waals surface area (Å²) in [5, 5.41) is 0. The van der Waals surface area contributed by atoms with Gasteiger partial charge in [-0.2, -0.15) is 0 Å². The van der Waals surface area contributed by atoms with Crippen LogP contribution in [0.4, 0.5) is 5.95 Å². The number of ether oxygens (including phenoxy) is 1. The Kier molecular flexibility index (Phi) is 4.88. The number of para-hydroxylation sites is 1. The number of carbonyl (C=O) groups is 1. The normalized spacial score (nSPS) is 16.8. The molecule has 1 fully saturated rings. The Labute approximate surface area is 148 Å². The highest BCUT2D eigenvalue weighted by Crippen LogP contribution is 2.37. The Morgan fingerprint density at radius 1 is 1.32 bits per heavy atom. The molecule has 3 rings (SSSR count). The van der Waals surface area contributed by atoms with Crippen LogP contribution in [-0.2, 0) is 0 Å². The number of anilines is 1. The van der Waals surface area contributed by atoms with Crippen molar-refractivity contribution in [1.29, 1.82) is 0 Å². The molecule has 6 heteroatoms. The summed E-state index contributed by atoms with van der Waals surface area (Å²) in [5.41, 5.74) is 2.32. The van der Waals surface area contributed by atoms with Crippen molar-refractivity contribution in [3.8, 4) is 5.75 Å². The molecule has 1 aliphatic rings. The molecule has 0 bridgehead atoms. The Bertz CT molecular complexity index is 776. The van der Waals surface area contributed by atoms with E-state index in [4.69, 9.17) is 4.74 Å². The standard InChI is InChI=1S/C19H24N4O2/c1-13-15(12-20-19(21-13)22(2)3)18(24)23-11-7-9-16(23)14-8-5-6-10-17(14)25-4/h5-6,8,10,12,16H,7,9,11H2,1-4H3. The highest BCUT2D eigenvalue weighted by Gasteiger charge is 2.33. The first-order chi connectivity index (χ1) is 12.0. The molecule has 1 amide bonds. The van der Waals surface area contributed by atoms with Gasteiger partial charge in [-0.25, -0.2) is 9.97 Å². The van der Waals surface area contributed by atoms with Crippen LogP contribution in [0.15, 0.2) is 30.5 Å². The highest BCUT2D eigenvalue weighted by atomic mass is 16.5. The van der Waals surface area contributed by atoms with Gasteiger partial charge in [0.05, 0.1) is 24.4 Å². The molecule has 0 radical (unpaired) electrons. The lowest BCUT2D eigenvalue weighted by molar-refractivity contribution is 0.0732. The average Bonchev–Trinajstić information content (AvgIpc) is 3.10. The molecule has 1 atom stereocenters. The van der Waals surface area contributed by atoms with E-state index in [1.54, 1.807) is 13.3 Å². The summed E-state index contributed by atoms with van der Waals surface area (Å²) in [6.07, 6.45) is 3.55. The quantitative estimate of drug-likeness (QED) is 0.856. The second kappa shape index (κ2) is 7.09. The maximum Gasteiger partial charge on any atom is 0.257 e. The lowest BCUT2D eigenvalue weighted by atomic mass is 10.0. The van der Waals surface area contributed by atoms with Gasteiger partial charge in [-0.3, -0.25) is 4.79 Å². The van der Waals surface area contributed by atoms with Crippen molar-refractivity contribution in [1.82, 2.24) is 14.9 Å². The molecule has 1 aliphatic heterocycles. The van der Waals surface area contributed by atoms with Crippen LogP contribution in [0.1, 0.15) is 40.5 Å². The summed E-state index contributed by atoms with van der Waals surface area (Å²) >= 11 is 0. The predicted octanol–water partition coefficient (Wildman–Crippen LogP) is 2.84. The van der Waals surface area contributed by atoms with E-state index in [0.717, 1.165) is 30.7 Å². The number of aryl methyl sites for hydroxylation is 1. The molecule has 132 valence electrons. The second-order valence-corrected chi connectivity index (χ2v) is 6.46. The maximum absolute atomic E-state index is 13.1. The summed E-state index contributed by atoms with van der Waals surface area (Å²) < 4.78 is 5.49. The number of hydrogen-bond acceptors (Lipinski definition) is 5. The van der Waals surface area contributed by atoms with E-state index in [-0.39, 0.29) is 11.9 Å². The zero-order chi connectivity index (χ0) is 18.0. The number of carbonyl (C=O) groups excluding carboxylic acids is 1. The predicted molar refractivity (Wildman–Crippen MR) is 97.1 cm³/mol. The second-order valence-electron chi connectivity index (χ2n) is 6.46. The fourth-order valence-electron chi connectivity index (χ4n) is 3.31. The van der Waals surface area contributed by atoms with Crippen molar-refractivity contribution in [3.05, 3.63) is 47.3 Å². The summed E-state index contributed by atoms with van der Waals surface area (Å²) in [6, 6.07) is 7.93. The number of aromatic nitrogens is 2. The molecule has 1 saturated heterocycles. The highest BCUT2D eigenvalue weighted by molar-refractivity contribution is 5.95. The average molecular weight is 340 g/mol. The third-order valence-electron chi connectivity index (χ3n) is 4.61. The van der Waals surface area contributed by atoms with Gasteiger partial charge in [-0.1, -0.05) is 18.2 Å². The van der Waals surface area contributed by atoms with Gasteiger partial charge in [0.2, 0.25) is 5.95 Å². The number of methoxy groups -OCH3 is 1. The molecule has 1 unspecified atom stereocenters. The summed E-state index contributed by atoms with van der Waals surface area (Å²) in [6.45, 7) is 2.59. The molecular weight excluding hydrogens is 316 g/mol. The number of likely N-dealkylation sites (tertiary alicyclic amines) is 1. The Hall–Kier alpha value is -2.63. The SMILES string of the molecule is COc1ccccc1C1CCCN1C(=O)c1cnc(N(C)C)nc1C. The zero-order valence-corrected chi connectivity index (χ0v) is 15.2. The Morgan fingerprint density at radius 2 is 2.08 bits per heavy atom. The Balaban J connectivity index is 1.91. The minimum Gasteiger partial charge on any atom is -0.496 e. The third-order valence-corrected chi connectivity index (χ3v) is 4.61. The van der Waals surface area contributed by atoms with Gasteiger partial charge in [-0.05, 0) is 25.8 Å². The van der Waals surface area contributed by atoms with Crippen LogP contribution in [0.25, 0.3) is 0 Å². The van der Waals surface area contributed by atoms with Crippen molar-refractivity contribution in [2.24, 2.45) is 0 Å². The van der Waals surface area contributed by atoms with Crippen molar-refractivity contribution in [2.75, 3.05) is 32.6 Å². The molecule has 2 heterocycles. The van der Waals surface area contributed by atoms with Crippen LogP contribution in [0.2, 0.25) is 0 Å². The fourth-order valence-corrected chi connectivity index (χ4v) is 3.31. The van der Waals surface area contributed by atoms with Crippen LogP contribution < -0.4 is 9.64 Å². The number of nitrogens with zero attached hydrogens (tertiary/aromatic N) is 4. The minimum atomic E-state index is -0.0174. The van der Waals surface area contributed by atoms with E-state index in [9.17, 15) is 4.79 Å². The molecule has 0 aliphatic carbocycles. The summed E-state index contributed by atoms with van der Waals surface area (Å²) in [4.78, 5) is 25.6.